The van der Waals surface area contributed by atoms with Crippen LogP contribution in [0.1, 0.15) is 34.7 Å². The van der Waals surface area contributed by atoms with Crippen LogP contribution in [0.3, 0.4) is 0 Å². The lowest BCUT2D eigenvalue weighted by molar-refractivity contribution is 1.08. The van der Waals surface area contributed by atoms with Crippen molar-refractivity contribution in [1.29, 1.82) is 0 Å². The number of allylic oxidation sites excluding steroid dienone is 1. The molecule has 102 valence electrons. The summed E-state index contributed by atoms with van der Waals surface area (Å²) in [5.41, 5.74) is 6.48. The zero-order chi connectivity index (χ0) is 14.5. The summed E-state index contributed by atoms with van der Waals surface area (Å²) in [5, 5.41) is 0. The molecular weight excluding hydrogens is 260 g/mol. The zero-order valence-corrected chi connectivity index (χ0v) is 13.1. The van der Waals surface area contributed by atoms with Gasteiger partial charge >= 0.3 is 0 Å². The third-order valence-electron chi connectivity index (χ3n) is 3.56. The predicted octanol–water partition coefficient (Wildman–Crippen LogP) is 5.30. The molecule has 0 spiro atoms. The highest BCUT2D eigenvalue weighted by molar-refractivity contribution is 7.81. The molecule has 2 rings (SSSR count). The number of thiocarbonyl (C=S) groups is 1. The standard InChI is InChI=1S/C19H20S/c1-4-18-14(2)12-16(13-15(18)3)10-11-19(20)17-8-6-5-7-9-17/h5-13H,4H2,1-3H3. The van der Waals surface area contributed by atoms with Crippen LogP contribution in [0.15, 0.2) is 48.5 Å². The van der Waals surface area contributed by atoms with Crippen molar-refractivity contribution in [1.82, 2.24) is 0 Å². The third-order valence-corrected chi connectivity index (χ3v) is 3.93. The van der Waals surface area contributed by atoms with Crippen molar-refractivity contribution in [2.45, 2.75) is 27.2 Å². The maximum absolute atomic E-state index is 5.45. The van der Waals surface area contributed by atoms with E-state index in [9.17, 15) is 0 Å². The second-order valence-corrected chi connectivity index (χ2v) is 5.49. The SMILES string of the molecule is CCc1c(C)cc(C=CC(=S)c2ccccc2)cc1C. The van der Waals surface area contributed by atoms with Crippen molar-refractivity contribution in [3.05, 3.63) is 76.4 Å². The molecule has 20 heavy (non-hydrogen) atoms. The molecule has 0 heterocycles. The van der Waals surface area contributed by atoms with Crippen LogP contribution in [0.4, 0.5) is 0 Å². The van der Waals surface area contributed by atoms with Gasteiger partial charge in [0.25, 0.3) is 0 Å². The monoisotopic (exact) mass is 280 g/mol. The Hall–Kier alpha value is -1.73. The minimum Gasteiger partial charge on any atom is -0.0795 e. The number of rotatable bonds is 4. The highest BCUT2D eigenvalue weighted by atomic mass is 32.1. The largest absolute Gasteiger partial charge is 0.0795 e. The van der Waals surface area contributed by atoms with E-state index >= 15 is 0 Å². The van der Waals surface area contributed by atoms with Crippen molar-refractivity contribution in [2.75, 3.05) is 0 Å². The third kappa shape index (κ3) is 3.43. The smallest absolute Gasteiger partial charge is 0.0449 e. The van der Waals surface area contributed by atoms with Crippen LogP contribution in [0.2, 0.25) is 0 Å². The Morgan fingerprint density at radius 1 is 1.05 bits per heavy atom. The van der Waals surface area contributed by atoms with Gasteiger partial charge in [-0.25, -0.2) is 0 Å². The van der Waals surface area contributed by atoms with Crippen LogP contribution in [0.25, 0.3) is 6.08 Å². The zero-order valence-electron chi connectivity index (χ0n) is 12.3. The maximum atomic E-state index is 5.45. The first-order valence-corrected chi connectivity index (χ1v) is 7.40. The van der Waals surface area contributed by atoms with Crippen molar-refractivity contribution in [3.8, 4) is 0 Å². The number of benzene rings is 2. The summed E-state index contributed by atoms with van der Waals surface area (Å²) >= 11 is 5.45. The first-order chi connectivity index (χ1) is 9.61. The van der Waals surface area contributed by atoms with Gasteiger partial charge in [0.05, 0.1) is 0 Å². The van der Waals surface area contributed by atoms with Crippen molar-refractivity contribution >= 4 is 23.2 Å². The summed E-state index contributed by atoms with van der Waals surface area (Å²) in [6.07, 6.45) is 5.21. The van der Waals surface area contributed by atoms with Gasteiger partial charge in [0.15, 0.2) is 0 Å². The Balaban J connectivity index is 2.22. The van der Waals surface area contributed by atoms with Crippen molar-refractivity contribution < 1.29 is 0 Å². The molecule has 1 heteroatoms. The lowest BCUT2D eigenvalue weighted by Gasteiger charge is -2.09. The average Bonchev–Trinajstić information content (AvgIpc) is 2.45. The highest BCUT2D eigenvalue weighted by Gasteiger charge is 2.02. The fraction of sp³-hybridized carbons (Fsp3) is 0.211. The molecule has 0 saturated carbocycles. The molecular formula is C19H20S. The van der Waals surface area contributed by atoms with Crippen LogP contribution in [0, 0.1) is 13.8 Å². The number of aryl methyl sites for hydroxylation is 2. The maximum Gasteiger partial charge on any atom is 0.0449 e. The van der Waals surface area contributed by atoms with Crippen molar-refractivity contribution in [3.63, 3.8) is 0 Å². The van der Waals surface area contributed by atoms with Crippen LogP contribution >= 0.6 is 12.2 Å². The molecule has 0 nitrogen and oxygen atoms in total. The normalized spacial score (nSPS) is 10.9. The van der Waals surface area contributed by atoms with E-state index in [2.05, 4.69) is 39.0 Å². The van der Waals surface area contributed by atoms with Gasteiger partial charge in [-0.3, -0.25) is 0 Å². The molecule has 2 aromatic rings. The van der Waals surface area contributed by atoms with Crippen LogP contribution < -0.4 is 0 Å². The van der Waals surface area contributed by atoms with Crippen LogP contribution in [-0.4, -0.2) is 4.86 Å². The summed E-state index contributed by atoms with van der Waals surface area (Å²) in [6, 6.07) is 14.6. The predicted molar refractivity (Wildman–Crippen MR) is 92.5 cm³/mol. The quantitative estimate of drug-likeness (QED) is 0.416. The molecule has 0 bridgehead atoms. The average molecular weight is 280 g/mol. The van der Waals surface area contributed by atoms with Crippen LogP contribution in [-0.2, 0) is 6.42 Å². The van der Waals surface area contributed by atoms with E-state index < -0.39 is 0 Å². The molecule has 0 aromatic heterocycles. The molecule has 0 fully saturated rings. The summed E-state index contributed by atoms with van der Waals surface area (Å²) in [7, 11) is 0. The lowest BCUT2D eigenvalue weighted by atomic mass is 9.97. The van der Waals surface area contributed by atoms with E-state index in [1.165, 1.54) is 22.3 Å². The highest BCUT2D eigenvalue weighted by Crippen LogP contribution is 2.18. The Morgan fingerprint density at radius 3 is 2.20 bits per heavy atom. The molecule has 2 aromatic carbocycles. The van der Waals surface area contributed by atoms with E-state index in [0.29, 0.717) is 0 Å². The Kier molecular flexibility index (Phi) is 4.86. The lowest BCUT2D eigenvalue weighted by Crippen LogP contribution is -1.94. The second-order valence-electron chi connectivity index (χ2n) is 5.05. The number of hydrogen-bond donors (Lipinski definition) is 0. The molecule has 0 amide bonds. The van der Waals surface area contributed by atoms with Gasteiger partial charge in [-0.1, -0.05) is 67.7 Å². The summed E-state index contributed by atoms with van der Waals surface area (Å²) in [4.78, 5) is 0.875. The topological polar surface area (TPSA) is 0 Å². The van der Waals surface area contributed by atoms with Gasteiger partial charge in [0.1, 0.15) is 0 Å². The first-order valence-electron chi connectivity index (χ1n) is 6.99. The minimum absolute atomic E-state index is 0.875. The van der Waals surface area contributed by atoms with Gasteiger partial charge in [-0.2, -0.15) is 0 Å². The van der Waals surface area contributed by atoms with Gasteiger partial charge in [-0.05, 0) is 54.2 Å². The van der Waals surface area contributed by atoms with Gasteiger partial charge in [0.2, 0.25) is 0 Å². The summed E-state index contributed by atoms with van der Waals surface area (Å²) in [6.45, 7) is 6.56. The van der Waals surface area contributed by atoms with E-state index in [0.717, 1.165) is 16.8 Å². The number of hydrogen-bond acceptors (Lipinski definition) is 1. The Labute approximate surface area is 127 Å². The molecule has 0 aliphatic rings. The fourth-order valence-corrected chi connectivity index (χ4v) is 2.76. The molecule has 0 atom stereocenters. The molecule has 0 unspecified atom stereocenters. The van der Waals surface area contributed by atoms with E-state index in [1.54, 1.807) is 0 Å². The summed E-state index contributed by atoms with van der Waals surface area (Å²) < 4.78 is 0. The van der Waals surface area contributed by atoms with Gasteiger partial charge < -0.3 is 0 Å². The van der Waals surface area contributed by atoms with E-state index in [1.807, 2.05) is 36.4 Å². The molecule has 0 aliphatic carbocycles. The minimum atomic E-state index is 0.875. The van der Waals surface area contributed by atoms with Crippen molar-refractivity contribution in [2.24, 2.45) is 0 Å². The molecule has 0 saturated heterocycles. The molecule has 0 radical (unpaired) electrons. The Morgan fingerprint density at radius 2 is 1.65 bits per heavy atom. The van der Waals surface area contributed by atoms with Gasteiger partial charge in [0, 0.05) is 4.86 Å². The Bertz CT molecular complexity index is 613. The molecule has 0 N–H and O–H groups in total. The van der Waals surface area contributed by atoms with E-state index in [-0.39, 0.29) is 0 Å². The first kappa shape index (κ1) is 14.7. The van der Waals surface area contributed by atoms with Crippen LogP contribution in [0.5, 0.6) is 0 Å². The molecule has 0 aliphatic heterocycles. The van der Waals surface area contributed by atoms with Gasteiger partial charge in [-0.15, -0.1) is 0 Å². The summed E-state index contributed by atoms with van der Waals surface area (Å²) in [5.74, 6) is 0. The second kappa shape index (κ2) is 6.62. The van der Waals surface area contributed by atoms with E-state index in [4.69, 9.17) is 12.2 Å². The fourth-order valence-electron chi connectivity index (χ4n) is 2.55.